The van der Waals surface area contributed by atoms with Crippen LogP contribution in [0.1, 0.15) is 19.3 Å². The summed E-state index contributed by atoms with van der Waals surface area (Å²) in [4.78, 5) is 2.36. The number of morpholine rings is 1. The SMILES string of the molecule is CNC(CC1CCOCC1)C1CN(C)CCO1. The molecule has 0 saturated carbocycles. The fraction of sp³-hybridized carbons (Fsp3) is 1.00. The van der Waals surface area contributed by atoms with Crippen LogP contribution >= 0.6 is 0 Å². The van der Waals surface area contributed by atoms with Crippen LogP contribution in [0.15, 0.2) is 0 Å². The van der Waals surface area contributed by atoms with Crippen molar-refractivity contribution in [3.8, 4) is 0 Å². The van der Waals surface area contributed by atoms with Gasteiger partial charge >= 0.3 is 0 Å². The Morgan fingerprint density at radius 3 is 2.71 bits per heavy atom. The first-order valence-corrected chi connectivity index (χ1v) is 6.84. The lowest BCUT2D eigenvalue weighted by molar-refractivity contribution is -0.0446. The largest absolute Gasteiger partial charge is 0.381 e. The lowest BCUT2D eigenvalue weighted by Crippen LogP contribution is -2.51. The first kappa shape index (κ1) is 13.3. The van der Waals surface area contributed by atoms with E-state index in [-0.39, 0.29) is 0 Å². The van der Waals surface area contributed by atoms with Crippen molar-refractivity contribution in [2.45, 2.75) is 31.4 Å². The number of nitrogens with zero attached hydrogens (tertiary/aromatic N) is 1. The molecule has 2 atom stereocenters. The Balaban J connectivity index is 1.82. The van der Waals surface area contributed by atoms with Crippen LogP contribution in [0, 0.1) is 5.92 Å². The molecule has 2 saturated heterocycles. The summed E-state index contributed by atoms with van der Waals surface area (Å²) in [6.45, 7) is 4.85. The van der Waals surface area contributed by atoms with Crippen molar-refractivity contribution < 1.29 is 9.47 Å². The Morgan fingerprint density at radius 2 is 2.06 bits per heavy atom. The van der Waals surface area contributed by atoms with E-state index in [2.05, 4.69) is 24.3 Å². The minimum Gasteiger partial charge on any atom is -0.381 e. The molecule has 0 bridgehead atoms. The van der Waals surface area contributed by atoms with Crippen molar-refractivity contribution in [3.05, 3.63) is 0 Å². The van der Waals surface area contributed by atoms with Crippen molar-refractivity contribution >= 4 is 0 Å². The zero-order valence-corrected chi connectivity index (χ0v) is 11.2. The summed E-state index contributed by atoms with van der Waals surface area (Å²) in [5.41, 5.74) is 0. The number of rotatable bonds is 4. The van der Waals surface area contributed by atoms with E-state index in [1.807, 2.05) is 0 Å². The van der Waals surface area contributed by atoms with Gasteiger partial charge in [0.1, 0.15) is 0 Å². The highest BCUT2D eigenvalue weighted by atomic mass is 16.5. The van der Waals surface area contributed by atoms with E-state index >= 15 is 0 Å². The maximum atomic E-state index is 5.91. The average molecular weight is 242 g/mol. The Labute approximate surface area is 105 Å². The van der Waals surface area contributed by atoms with Crippen LogP contribution in [0.5, 0.6) is 0 Å². The Bertz CT molecular complexity index is 219. The summed E-state index contributed by atoms with van der Waals surface area (Å²) in [6.07, 6.45) is 3.99. The van der Waals surface area contributed by atoms with Gasteiger partial charge in [0.2, 0.25) is 0 Å². The summed E-state index contributed by atoms with van der Waals surface area (Å²) in [7, 11) is 4.23. The predicted molar refractivity (Wildman–Crippen MR) is 68.2 cm³/mol. The van der Waals surface area contributed by atoms with Gasteiger partial charge in [-0.1, -0.05) is 0 Å². The van der Waals surface area contributed by atoms with E-state index in [1.54, 1.807) is 0 Å². The molecule has 0 spiro atoms. The highest BCUT2D eigenvalue weighted by molar-refractivity contribution is 4.83. The van der Waals surface area contributed by atoms with Gasteiger partial charge in [-0.05, 0) is 39.3 Å². The third kappa shape index (κ3) is 3.91. The minimum atomic E-state index is 0.349. The van der Waals surface area contributed by atoms with Gasteiger partial charge in [0.25, 0.3) is 0 Å². The predicted octanol–water partition coefficient (Wildman–Crippen LogP) is 0.722. The molecule has 4 heteroatoms. The Hall–Kier alpha value is -0.160. The number of nitrogens with one attached hydrogen (secondary N) is 1. The summed E-state index contributed by atoms with van der Waals surface area (Å²) < 4.78 is 11.3. The van der Waals surface area contributed by atoms with Crippen molar-refractivity contribution in [1.29, 1.82) is 0 Å². The van der Waals surface area contributed by atoms with Crippen LogP contribution in [0.4, 0.5) is 0 Å². The smallest absolute Gasteiger partial charge is 0.0855 e. The molecule has 0 aliphatic carbocycles. The van der Waals surface area contributed by atoms with Crippen molar-refractivity contribution in [1.82, 2.24) is 10.2 Å². The van der Waals surface area contributed by atoms with Crippen LogP contribution in [-0.4, -0.2) is 64.1 Å². The molecule has 17 heavy (non-hydrogen) atoms. The number of likely N-dealkylation sites (N-methyl/N-ethyl adjacent to an activating group) is 2. The number of ether oxygens (including phenoxy) is 2. The second-order valence-corrected chi connectivity index (χ2v) is 5.36. The fourth-order valence-corrected chi connectivity index (χ4v) is 2.85. The molecule has 2 fully saturated rings. The highest BCUT2D eigenvalue weighted by Gasteiger charge is 2.28. The number of hydrogen-bond donors (Lipinski definition) is 1. The van der Waals surface area contributed by atoms with Gasteiger partial charge in [0.05, 0.1) is 12.7 Å². The van der Waals surface area contributed by atoms with E-state index in [4.69, 9.17) is 9.47 Å². The minimum absolute atomic E-state index is 0.349. The van der Waals surface area contributed by atoms with Crippen molar-refractivity contribution in [2.75, 3.05) is 47.0 Å². The molecule has 2 aliphatic heterocycles. The van der Waals surface area contributed by atoms with Crippen LogP contribution in [0.25, 0.3) is 0 Å². The highest BCUT2D eigenvalue weighted by Crippen LogP contribution is 2.22. The van der Waals surface area contributed by atoms with E-state index in [0.717, 1.165) is 38.8 Å². The Morgan fingerprint density at radius 1 is 1.29 bits per heavy atom. The standard InChI is InChI=1S/C13H26N2O2/c1-14-12(9-11-3-6-16-7-4-11)13-10-15(2)5-8-17-13/h11-14H,3-10H2,1-2H3. The molecule has 2 rings (SSSR count). The zero-order chi connectivity index (χ0) is 12.1. The van der Waals surface area contributed by atoms with Gasteiger partial charge in [-0.2, -0.15) is 0 Å². The maximum Gasteiger partial charge on any atom is 0.0855 e. The monoisotopic (exact) mass is 242 g/mol. The molecule has 0 aromatic heterocycles. The zero-order valence-electron chi connectivity index (χ0n) is 11.2. The molecule has 0 amide bonds. The average Bonchev–Trinajstić information content (AvgIpc) is 2.37. The second-order valence-electron chi connectivity index (χ2n) is 5.36. The molecule has 2 heterocycles. The number of hydrogen-bond acceptors (Lipinski definition) is 4. The van der Waals surface area contributed by atoms with Crippen molar-refractivity contribution in [3.63, 3.8) is 0 Å². The van der Waals surface area contributed by atoms with E-state index in [9.17, 15) is 0 Å². The maximum absolute atomic E-state index is 5.91. The first-order chi connectivity index (χ1) is 8.29. The molecule has 4 nitrogen and oxygen atoms in total. The van der Waals surface area contributed by atoms with Gasteiger partial charge in [0.15, 0.2) is 0 Å². The lowest BCUT2D eigenvalue weighted by Gasteiger charge is -2.37. The van der Waals surface area contributed by atoms with Crippen molar-refractivity contribution in [2.24, 2.45) is 5.92 Å². The first-order valence-electron chi connectivity index (χ1n) is 6.84. The second kappa shape index (κ2) is 6.69. The summed E-state index contributed by atoms with van der Waals surface area (Å²) in [6, 6.07) is 0.487. The summed E-state index contributed by atoms with van der Waals surface area (Å²) in [5, 5.41) is 3.45. The molecule has 0 radical (unpaired) electrons. The van der Waals surface area contributed by atoms with E-state index in [0.29, 0.717) is 12.1 Å². The molecule has 0 aromatic rings. The normalized spacial score (nSPS) is 30.4. The van der Waals surface area contributed by atoms with Gasteiger partial charge in [-0.15, -0.1) is 0 Å². The quantitative estimate of drug-likeness (QED) is 0.788. The van der Waals surface area contributed by atoms with Crippen LogP contribution in [0.3, 0.4) is 0 Å². The fourth-order valence-electron chi connectivity index (χ4n) is 2.85. The van der Waals surface area contributed by atoms with Gasteiger partial charge in [-0.3, -0.25) is 0 Å². The molecular formula is C13H26N2O2. The third-order valence-electron chi connectivity index (χ3n) is 4.04. The molecule has 100 valence electrons. The van der Waals surface area contributed by atoms with E-state index in [1.165, 1.54) is 19.3 Å². The Kier molecular flexibility index (Phi) is 5.22. The molecule has 2 unspecified atom stereocenters. The molecular weight excluding hydrogens is 216 g/mol. The third-order valence-corrected chi connectivity index (χ3v) is 4.04. The van der Waals surface area contributed by atoms with Crippen LogP contribution < -0.4 is 5.32 Å². The van der Waals surface area contributed by atoms with E-state index < -0.39 is 0 Å². The molecule has 0 aromatic carbocycles. The van der Waals surface area contributed by atoms with Gasteiger partial charge in [0, 0.05) is 32.3 Å². The topological polar surface area (TPSA) is 33.7 Å². The van der Waals surface area contributed by atoms with Gasteiger partial charge < -0.3 is 19.7 Å². The van der Waals surface area contributed by atoms with Crippen LogP contribution in [0.2, 0.25) is 0 Å². The summed E-state index contributed by atoms with van der Waals surface area (Å²) >= 11 is 0. The summed E-state index contributed by atoms with van der Waals surface area (Å²) in [5.74, 6) is 0.803. The molecule has 2 aliphatic rings. The van der Waals surface area contributed by atoms with Gasteiger partial charge in [-0.25, -0.2) is 0 Å². The molecule has 1 N–H and O–H groups in total. The van der Waals surface area contributed by atoms with Crippen LogP contribution in [-0.2, 0) is 9.47 Å². The lowest BCUT2D eigenvalue weighted by atomic mass is 9.90.